The molecule has 1 N–H and O–H groups in total. The van der Waals surface area contributed by atoms with E-state index in [0.29, 0.717) is 0 Å². The Kier molecular flexibility index (Phi) is 5.00. The van der Waals surface area contributed by atoms with Gasteiger partial charge in [-0.05, 0) is 13.3 Å². The van der Waals surface area contributed by atoms with E-state index in [-0.39, 0.29) is 0 Å². The standard InChI is InChI=1S/C9H15NO2/c1-4-5-8(3)10-6-7(2)9(11)12/h6-7H,3-5H2,1-2H3,(H,11,12)/t7-/m1/s1. The average molecular weight is 169 g/mol. The van der Waals surface area contributed by atoms with Crippen molar-refractivity contribution in [3.05, 3.63) is 12.3 Å². The van der Waals surface area contributed by atoms with Gasteiger partial charge in [0.1, 0.15) is 0 Å². The fraction of sp³-hybridized carbons (Fsp3) is 0.556. The molecule has 0 aromatic carbocycles. The topological polar surface area (TPSA) is 49.7 Å². The van der Waals surface area contributed by atoms with Crippen molar-refractivity contribution in [1.29, 1.82) is 0 Å². The van der Waals surface area contributed by atoms with Crippen molar-refractivity contribution in [2.75, 3.05) is 0 Å². The number of carbonyl (C=O) groups is 1. The largest absolute Gasteiger partial charge is 0.481 e. The summed E-state index contributed by atoms with van der Waals surface area (Å²) in [5.74, 6) is -1.39. The molecular weight excluding hydrogens is 154 g/mol. The molecule has 68 valence electrons. The molecule has 0 bridgehead atoms. The molecular formula is C9H15NO2. The number of hydrogen-bond donors (Lipinski definition) is 1. The van der Waals surface area contributed by atoms with Gasteiger partial charge in [-0.3, -0.25) is 9.79 Å². The lowest BCUT2D eigenvalue weighted by Gasteiger charge is -1.98. The van der Waals surface area contributed by atoms with Crippen LogP contribution < -0.4 is 0 Å². The second kappa shape index (κ2) is 5.52. The van der Waals surface area contributed by atoms with Crippen molar-refractivity contribution < 1.29 is 9.90 Å². The summed E-state index contributed by atoms with van der Waals surface area (Å²) in [6.45, 7) is 7.30. The Hall–Kier alpha value is -1.12. The summed E-state index contributed by atoms with van der Waals surface area (Å²) in [5, 5.41) is 8.50. The van der Waals surface area contributed by atoms with Crippen LogP contribution in [0.5, 0.6) is 0 Å². The number of nitrogens with zero attached hydrogens (tertiary/aromatic N) is 1. The average Bonchev–Trinajstić information content (AvgIpc) is 2.00. The fourth-order valence-corrected chi connectivity index (χ4v) is 0.634. The molecule has 0 aromatic heterocycles. The molecule has 0 aliphatic carbocycles. The van der Waals surface area contributed by atoms with Crippen LogP contribution in [0.2, 0.25) is 0 Å². The minimum atomic E-state index is -0.858. The molecule has 0 aliphatic heterocycles. The van der Waals surface area contributed by atoms with Crippen LogP contribution in [0.3, 0.4) is 0 Å². The third kappa shape index (κ3) is 4.66. The molecule has 0 aliphatic rings. The summed E-state index contributed by atoms with van der Waals surface area (Å²) in [4.78, 5) is 14.3. The molecule has 12 heavy (non-hydrogen) atoms. The van der Waals surface area contributed by atoms with E-state index < -0.39 is 11.9 Å². The normalized spacial score (nSPS) is 13.2. The maximum absolute atomic E-state index is 10.3. The number of hydrogen-bond acceptors (Lipinski definition) is 2. The van der Waals surface area contributed by atoms with Crippen LogP contribution in [0.25, 0.3) is 0 Å². The number of aliphatic imine (C=N–C) groups is 1. The van der Waals surface area contributed by atoms with Gasteiger partial charge in [0.25, 0.3) is 0 Å². The zero-order valence-electron chi connectivity index (χ0n) is 7.58. The van der Waals surface area contributed by atoms with Gasteiger partial charge >= 0.3 is 5.97 Å². The van der Waals surface area contributed by atoms with Crippen LogP contribution in [0.4, 0.5) is 0 Å². The SMILES string of the molecule is C=C(CCC)N=C[C@@H](C)C(=O)O. The van der Waals surface area contributed by atoms with Crippen LogP contribution in [0.15, 0.2) is 17.3 Å². The molecule has 0 radical (unpaired) electrons. The summed E-state index contributed by atoms with van der Waals surface area (Å²) in [6, 6.07) is 0. The molecule has 0 saturated carbocycles. The molecule has 0 fully saturated rings. The molecule has 0 spiro atoms. The molecule has 3 nitrogen and oxygen atoms in total. The van der Waals surface area contributed by atoms with Crippen LogP contribution in [-0.2, 0) is 4.79 Å². The number of aliphatic carboxylic acids is 1. The maximum atomic E-state index is 10.3. The molecule has 3 heteroatoms. The van der Waals surface area contributed by atoms with Crippen molar-refractivity contribution >= 4 is 12.2 Å². The van der Waals surface area contributed by atoms with Gasteiger partial charge in [-0.2, -0.15) is 0 Å². The Bertz CT molecular complexity index is 197. The van der Waals surface area contributed by atoms with Crippen molar-refractivity contribution in [2.24, 2.45) is 10.9 Å². The van der Waals surface area contributed by atoms with Gasteiger partial charge in [0.05, 0.1) is 5.92 Å². The molecule has 0 aromatic rings. The lowest BCUT2D eigenvalue weighted by Crippen LogP contribution is -2.10. The Balaban J connectivity index is 3.89. The van der Waals surface area contributed by atoms with E-state index in [9.17, 15) is 4.79 Å². The lowest BCUT2D eigenvalue weighted by atomic mass is 10.2. The van der Waals surface area contributed by atoms with E-state index in [2.05, 4.69) is 11.6 Å². The predicted molar refractivity (Wildman–Crippen MR) is 49.3 cm³/mol. The molecule has 0 unspecified atom stereocenters. The third-order valence-electron chi connectivity index (χ3n) is 1.41. The molecule has 0 saturated heterocycles. The van der Waals surface area contributed by atoms with E-state index in [4.69, 9.17) is 5.11 Å². The number of rotatable bonds is 5. The Morgan fingerprint density at radius 3 is 2.75 bits per heavy atom. The van der Waals surface area contributed by atoms with Gasteiger partial charge in [0, 0.05) is 11.9 Å². The quantitative estimate of drug-likeness (QED) is 0.640. The van der Waals surface area contributed by atoms with E-state index in [1.165, 1.54) is 6.21 Å². The highest BCUT2D eigenvalue weighted by atomic mass is 16.4. The third-order valence-corrected chi connectivity index (χ3v) is 1.41. The first-order chi connectivity index (χ1) is 5.57. The second-order valence-corrected chi connectivity index (χ2v) is 2.72. The van der Waals surface area contributed by atoms with Gasteiger partial charge in [-0.25, -0.2) is 0 Å². The van der Waals surface area contributed by atoms with Gasteiger partial charge in [0.15, 0.2) is 0 Å². The zero-order valence-corrected chi connectivity index (χ0v) is 7.58. The minimum absolute atomic E-state index is 0.529. The molecule has 0 rings (SSSR count). The smallest absolute Gasteiger partial charge is 0.311 e. The van der Waals surface area contributed by atoms with Gasteiger partial charge in [-0.1, -0.05) is 19.9 Å². The summed E-state index contributed by atoms with van der Waals surface area (Å²) < 4.78 is 0. The van der Waals surface area contributed by atoms with Crippen molar-refractivity contribution in [3.63, 3.8) is 0 Å². The first-order valence-corrected chi connectivity index (χ1v) is 4.02. The van der Waals surface area contributed by atoms with Crippen molar-refractivity contribution in [1.82, 2.24) is 0 Å². The van der Waals surface area contributed by atoms with Crippen LogP contribution >= 0.6 is 0 Å². The Morgan fingerprint density at radius 2 is 2.33 bits per heavy atom. The van der Waals surface area contributed by atoms with Crippen molar-refractivity contribution in [3.8, 4) is 0 Å². The van der Waals surface area contributed by atoms with E-state index in [1.54, 1.807) is 6.92 Å². The highest BCUT2D eigenvalue weighted by molar-refractivity contribution is 5.88. The minimum Gasteiger partial charge on any atom is -0.481 e. The van der Waals surface area contributed by atoms with Crippen molar-refractivity contribution in [2.45, 2.75) is 26.7 Å². The van der Waals surface area contributed by atoms with E-state index in [0.717, 1.165) is 18.5 Å². The maximum Gasteiger partial charge on any atom is 0.311 e. The van der Waals surface area contributed by atoms with E-state index in [1.807, 2.05) is 6.92 Å². The Morgan fingerprint density at radius 1 is 1.75 bits per heavy atom. The first-order valence-electron chi connectivity index (χ1n) is 4.02. The Labute approximate surface area is 72.8 Å². The second-order valence-electron chi connectivity index (χ2n) is 2.72. The molecule has 0 heterocycles. The van der Waals surface area contributed by atoms with Gasteiger partial charge in [-0.15, -0.1) is 0 Å². The van der Waals surface area contributed by atoms with Crippen LogP contribution in [0, 0.1) is 5.92 Å². The fourth-order valence-electron chi connectivity index (χ4n) is 0.634. The van der Waals surface area contributed by atoms with E-state index >= 15 is 0 Å². The number of carboxylic acids is 1. The number of carboxylic acid groups (broad SMARTS) is 1. The summed E-state index contributed by atoms with van der Waals surface area (Å²) in [7, 11) is 0. The van der Waals surface area contributed by atoms with Gasteiger partial charge in [0.2, 0.25) is 0 Å². The van der Waals surface area contributed by atoms with Crippen LogP contribution in [-0.4, -0.2) is 17.3 Å². The predicted octanol–water partition coefficient (Wildman–Crippen LogP) is 2.09. The summed E-state index contributed by atoms with van der Waals surface area (Å²) in [6.07, 6.45) is 3.22. The first kappa shape index (κ1) is 10.9. The summed E-state index contributed by atoms with van der Waals surface area (Å²) in [5.41, 5.74) is 0.741. The summed E-state index contributed by atoms with van der Waals surface area (Å²) >= 11 is 0. The number of allylic oxidation sites excluding steroid dienone is 1. The monoisotopic (exact) mass is 169 g/mol. The highest BCUT2D eigenvalue weighted by Crippen LogP contribution is 2.03. The van der Waals surface area contributed by atoms with Gasteiger partial charge < -0.3 is 5.11 Å². The molecule has 0 amide bonds. The van der Waals surface area contributed by atoms with Crippen LogP contribution in [0.1, 0.15) is 26.7 Å². The lowest BCUT2D eigenvalue weighted by molar-refractivity contribution is -0.138. The zero-order chi connectivity index (χ0) is 9.56. The molecule has 1 atom stereocenters. The highest BCUT2D eigenvalue weighted by Gasteiger charge is 2.06.